The minimum atomic E-state index is -1.03. The number of aromatic carboxylic acids is 1. The maximum Gasteiger partial charge on any atom is 0.337 e. The van der Waals surface area contributed by atoms with Gasteiger partial charge in [0.2, 0.25) is 0 Å². The van der Waals surface area contributed by atoms with Crippen molar-refractivity contribution in [2.45, 2.75) is 4.90 Å². The second kappa shape index (κ2) is 5.10. The van der Waals surface area contributed by atoms with E-state index in [0.717, 1.165) is 0 Å². The molecule has 92 valence electrons. The Hall–Kier alpha value is -2.01. The number of benzene rings is 2. The Morgan fingerprint density at radius 2 is 1.83 bits per heavy atom. The first-order valence-electron chi connectivity index (χ1n) is 5.15. The van der Waals surface area contributed by atoms with E-state index >= 15 is 0 Å². The van der Waals surface area contributed by atoms with Crippen LogP contribution in [0.1, 0.15) is 10.4 Å². The van der Waals surface area contributed by atoms with Gasteiger partial charge in [0.15, 0.2) is 0 Å². The lowest BCUT2D eigenvalue weighted by molar-refractivity contribution is 0.0698. The first-order valence-corrected chi connectivity index (χ1v) is 5.60. The predicted molar refractivity (Wildman–Crippen MR) is 70.3 cm³/mol. The number of nitrogens with one attached hydrogen (secondary N) is 1. The molecule has 2 N–H and O–H groups in total. The summed E-state index contributed by atoms with van der Waals surface area (Å²) < 4.78 is 12.8. The number of thiol groups is 1. The number of carboxylic acid groups (broad SMARTS) is 1. The van der Waals surface area contributed by atoms with Crippen LogP contribution in [0.5, 0.6) is 0 Å². The van der Waals surface area contributed by atoms with Gasteiger partial charge >= 0.3 is 5.97 Å². The van der Waals surface area contributed by atoms with E-state index in [4.69, 9.17) is 5.11 Å². The quantitative estimate of drug-likeness (QED) is 0.742. The zero-order chi connectivity index (χ0) is 13.1. The van der Waals surface area contributed by atoms with Crippen molar-refractivity contribution in [2.75, 3.05) is 5.32 Å². The van der Waals surface area contributed by atoms with Gasteiger partial charge in [-0.25, -0.2) is 9.18 Å². The third kappa shape index (κ3) is 2.81. The van der Waals surface area contributed by atoms with Crippen molar-refractivity contribution in [1.82, 2.24) is 0 Å². The monoisotopic (exact) mass is 263 g/mol. The molecule has 2 aromatic rings. The van der Waals surface area contributed by atoms with Crippen LogP contribution in [0.4, 0.5) is 15.8 Å². The molecular formula is C13H10FNO2S. The fourth-order valence-corrected chi connectivity index (χ4v) is 1.71. The zero-order valence-electron chi connectivity index (χ0n) is 9.22. The van der Waals surface area contributed by atoms with Crippen molar-refractivity contribution >= 4 is 30.0 Å². The minimum absolute atomic E-state index is 0.136. The number of carbonyl (C=O) groups is 1. The summed E-state index contributed by atoms with van der Waals surface area (Å²) in [4.78, 5) is 11.7. The second-order valence-corrected chi connectivity index (χ2v) is 4.18. The van der Waals surface area contributed by atoms with Crippen LogP contribution < -0.4 is 5.32 Å². The first-order chi connectivity index (χ1) is 8.56. The lowest BCUT2D eigenvalue weighted by atomic mass is 10.1. The van der Waals surface area contributed by atoms with Crippen molar-refractivity contribution in [3.63, 3.8) is 0 Å². The number of hydrogen-bond donors (Lipinski definition) is 3. The fourth-order valence-electron chi connectivity index (χ4n) is 1.51. The number of halogens is 1. The van der Waals surface area contributed by atoms with Gasteiger partial charge in [-0.3, -0.25) is 0 Å². The Balaban J connectivity index is 2.35. The number of anilines is 2. The molecule has 0 saturated carbocycles. The SMILES string of the molecule is O=C(O)c1ccc(S)cc1Nc1ccc(F)cc1. The Kier molecular flexibility index (Phi) is 3.53. The highest BCUT2D eigenvalue weighted by molar-refractivity contribution is 7.80. The second-order valence-electron chi connectivity index (χ2n) is 3.67. The first kappa shape index (κ1) is 12.4. The molecule has 0 spiro atoms. The summed E-state index contributed by atoms with van der Waals surface area (Å²) in [7, 11) is 0. The van der Waals surface area contributed by atoms with Crippen LogP contribution in [0.15, 0.2) is 47.4 Å². The normalized spacial score (nSPS) is 10.1. The van der Waals surface area contributed by atoms with Crippen LogP contribution in [0.2, 0.25) is 0 Å². The molecule has 0 bridgehead atoms. The number of hydrogen-bond acceptors (Lipinski definition) is 3. The van der Waals surface area contributed by atoms with E-state index in [1.165, 1.54) is 30.3 Å². The third-order valence-electron chi connectivity index (χ3n) is 2.36. The summed E-state index contributed by atoms with van der Waals surface area (Å²) in [6.45, 7) is 0. The molecule has 0 amide bonds. The molecule has 0 radical (unpaired) electrons. The fraction of sp³-hybridized carbons (Fsp3) is 0. The molecule has 0 atom stereocenters. The summed E-state index contributed by atoms with van der Waals surface area (Å²) in [6, 6.07) is 10.3. The molecule has 0 heterocycles. The van der Waals surface area contributed by atoms with Gasteiger partial charge in [0.25, 0.3) is 0 Å². The van der Waals surface area contributed by atoms with E-state index in [-0.39, 0.29) is 11.4 Å². The standard InChI is InChI=1S/C13H10FNO2S/c14-8-1-3-9(4-2-8)15-12-7-10(18)5-6-11(12)13(16)17/h1-7,15,18H,(H,16,17). The average molecular weight is 263 g/mol. The van der Waals surface area contributed by atoms with Gasteiger partial charge in [0.1, 0.15) is 5.82 Å². The molecular weight excluding hydrogens is 253 g/mol. The molecule has 0 saturated heterocycles. The van der Waals surface area contributed by atoms with Crippen LogP contribution in [0.25, 0.3) is 0 Å². The van der Waals surface area contributed by atoms with Crippen molar-refractivity contribution in [1.29, 1.82) is 0 Å². The van der Waals surface area contributed by atoms with E-state index in [1.807, 2.05) is 0 Å². The van der Waals surface area contributed by atoms with Crippen molar-refractivity contribution in [2.24, 2.45) is 0 Å². The van der Waals surface area contributed by atoms with E-state index in [0.29, 0.717) is 16.3 Å². The summed E-state index contributed by atoms with van der Waals surface area (Å²) in [5.74, 6) is -1.38. The highest BCUT2D eigenvalue weighted by atomic mass is 32.1. The highest BCUT2D eigenvalue weighted by Gasteiger charge is 2.10. The summed E-state index contributed by atoms with van der Waals surface area (Å²) in [6.07, 6.45) is 0. The number of rotatable bonds is 3. The van der Waals surface area contributed by atoms with Gasteiger partial charge in [-0.05, 0) is 42.5 Å². The molecule has 0 fully saturated rings. The minimum Gasteiger partial charge on any atom is -0.478 e. The van der Waals surface area contributed by atoms with E-state index < -0.39 is 5.97 Å². The van der Waals surface area contributed by atoms with Gasteiger partial charge in [0, 0.05) is 10.6 Å². The van der Waals surface area contributed by atoms with Crippen molar-refractivity contribution in [3.8, 4) is 0 Å². The van der Waals surface area contributed by atoms with E-state index in [9.17, 15) is 9.18 Å². The molecule has 2 aromatic carbocycles. The Morgan fingerprint density at radius 1 is 1.17 bits per heavy atom. The van der Waals surface area contributed by atoms with Gasteiger partial charge in [-0.2, -0.15) is 0 Å². The summed E-state index contributed by atoms with van der Waals surface area (Å²) in [5.41, 5.74) is 1.16. The van der Waals surface area contributed by atoms with Gasteiger partial charge in [-0.1, -0.05) is 0 Å². The Labute approximate surface area is 109 Å². The maximum absolute atomic E-state index is 12.8. The van der Waals surface area contributed by atoms with Crippen molar-refractivity contribution < 1.29 is 14.3 Å². The Morgan fingerprint density at radius 3 is 2.44 bits per heavy atom. The molecule has 2 rings (SSSR count). The smallest absolute Gasteiger partial charge is 0.337 e. The van der Waals surface area contributed by atoms with Crippen LogP contribution in [0, 0.1) is 5.82 Å². The average Bonchev–Trinajstić information content (AvgIpc) is 2.32. The van der Waals surface area contributed by atoms with E-state index in [1.54, 1.807) is 12.1 Å². The number of carboxylic acids is 1. The van der Waals surface area contributed by atoms with Crippen LogP contribution >= 0.6 is 12.6 Å². The molecule has 0 aliphatic rings. The van der Waals surface area contributed by atoms with Gasteiger partial charge < -0.3 is 10.4 Å². The molecule has 3 nitrogen and oxygen atoms in total. The molecule has 0 aromatic heterocycles. The topological polar surface area (TPSA) is 49.3 Å². The molecule has 18 heavy (non-hydrogen) atoms. The zero-order valence-corrected chi connectivity index (χ0v) is 10.1. The van der Waals surface area contributed by atoms with Crippen LogP contribution in [0.3, 0.4) is 0 Å². The van der Waals surface area contributed by atoms with E-state index in [2.05, 4.69) is 17.9 Å². The summed E-state index contributed by atoms with van der Waals surface area (Å²) in [5, 5.41) is 12.0. The lowest BCUT2D eigenvalue weighted by Crippen LogP contribution is -2.02. The third-order valence-corrected chi connectivity index (χ3v) is 2.63. The predicted octanol–water partition coefficient (Wildman–Crippen LogP) is 3.56. The maximum atomic E-state index is 12.8. The largest absolute Gasteiger partial charge is 0.478 e. The molecule has 0 aliphatic carbocycles. The molecule has 0 aliphatic heterocycles. The molecule has 0 unspecified atom stereocenters. The van der Waals surface area contributed by atoms with Crippen LogP contribution in [-0.2, 0) is 0 Å². The van der Waals surface area contributed by atoms with Gasteiger partial charge in [-0.15, -0.1) is 12.6 Å². The van der Waals surface area contributed by atoms with Gasteiger partial charge in [0.05, 0.1) is 11.3 Å². The van der Waals surface area contributed by atoms with Crippen LogP contribution in [-0.4, -0.2) is 11.1 Å². The molecule has 5 heteroatoms. The highest BCUT2D eigenvalue weighted by Crippen LogP contribution is 2.24. The van der Waals surface area contributed by atoms with Crippen molar-refractivity contribution in [3.05, 3.63) is 53.8 Å². The lowest BCUT2D eigenvalue weighted by Gasteiger charge is -2.10. The summed E-state index contributed by atoms with van der Waals surface area (Å²) >= 11 is 4.16. The Bertz CT molecular complexity index is 584.